The van der Waals surface area contributed by atoms with Crippen molar-refractivity contribution in [2.45, 2.75) is 38.9 Å². The van der Waals surface area contributed by atoms with Gasteiger partial charge >= 0.3 is 7.12 Å². The molecule has 0 spiro atoms. The van der Waals surface area contributed by atoms with Crippen molar-refractivity contribution in [3.8, 4) is 11.1 Å². The molecule has 1 unspecified atom stereocenters. The highest BCUT2D eigenvalue weighted by molar-refractivity contribution is 7.14. The molecule has 3 heterocycles. The topological polar surface area (TPSA) is 69.5 Å². The Morgan fingerprint density at radius 3 is 2.27 bits per heavy atom. The number of nitrogens with zero attached hydrogens (tertiary/aromatic N) is 4. The molecule has 1 aliphatic heterocycles. The first-order valence-electron chi connectivity index (χ1n) is 9.81. The number of fused-ring (bicyclic) bond motifs is 1. The summed E-state index contributed by atoms with van der Waals surface area (Å²) in [5.74, 6) is -0.0298. The lowest BCUT2D eigenvalue weighted by molar-refractivity contribution is 0.00578. The molecule has 156 valence electrons. The summed E-state index contributed by atoms with van der Waals surface area (Å²) in [5.41, 5.74) is 3.76. The standard InChI is InChI=1S/C21H26BN4O3P/c1-20(2)21(3,4)29-22(28-20)16-11-23-18-17(24-16)15(12-26(18)30)13-7-9-14(10-8-13)19(27)25(5)6/h7-12H,30H2,1-6H3. The average molecular weight is 424 g/mol. The Labute approximate surface area is 179 Å². The summed E-state index contributed by atoms with van der Waals surface area (Å²) in [6, 6.07) is 7.52. The number of rotatable bonds is 3. The van der Waals surface area contributed by atoms with E-state index < -0.39 is 18.3 Å². The number of aromatic nitrogens is 3. The summed E-state index contributed by atoms with van der Waals surface area (Å²) in [6.45, 7) is 8.06. The molecule has 3 aromatic rings. The fourth-order valence-electron chi connectivity index (χ4n) is 3.37. The van der Waals surface area contributed by atoms with Crippen LogP contribution in [0.25, 0.3) is 22.3 Å². The molecule has 0 saturated carbocycles. The molecule has 1 saturated heterocycles. The molecule has 0 aliphatic carbocycles. The number of carbonyl (C=O) groups excluding carboxylic acids is 1. The van der Waals surface area contributed by atoms with Gasteiger partial charge in [0, 0.05) is 37.6 Å². The molecule has 30 heavy (non-hydrogen) atoms. The maximum absolute atomic E-state index is 12.2. The average Bonchev–Trinajstić information content (AvgIpc) is 3.13. The molecule has 0 radical (unpaired) electrons. The minimum atomic E-state index is -0.576. The van der Waals surface area contributed by atoms with Crippen LogP contribution >= 0.6 is 9.39 Å². The fourth-order valence-corrected chi connectivity index (χ4v) is 3.70. The minimum absolute atomic E-state index is 0.0298. The zero-order chi connectivity index (χ0) is 21.8. The van der Waals surface area contributed by atoms with Crippen molar-refractivity contribution in [2.24, 2.45) is 0 Å². The zero-order valence-corrected chi connectivity index (χ0v) is 19.3. The Hall–Kier alpha value is -2.28. The molecule has 1 amide bonds. The zero-order valence-electron chi connectivity index (χ0n) is 18.1. The van der Waals surface area contributed by atoms with Crippen molar-refractivity contribution in [3.05, 3.63) is 42.2 Å². The first-order valence-corrected chi connectivity index (χ1v) is 10.3. The van der Waals surface area contributed by atoms with E-state index in [1.54, 1.807) is 25.2 Å². The lowest BCUT2D eigenvalue weighted by Gasteiger charge is -2.32. The van der Waals surface area contributed by atoms with E-state index in [-0.39, 0.29) is 5.91 Å². The monoisotopic (exact) mass is 424 g/mol. The van der Waals surface area contributed by atoms with Gasteiger partial charge in [0.2, 0.25) is 0 Å². The molecule has 1 atom stereocenters. The molecule has 2 aromatic heterocycles. The van der Waals surface area contributed by atoms with E-state index >= 15 is 0 Å². The molecule has 0 N–H and O–H groups in total. The van der Waals surface area contributed by atoms with Gasteiger partial charge in [-0.3, -0.25) is 9.78 Å². The Bertz CT molecular complexity index is 1110. The van der Waals surface area contributed by atoms with Gasteiger partial charge in [0.15, 0.2) is 5.65 Å². The third-order valence-electron chi connectivity index (χ3n) is 5.88. The van der Waals surface area contributed by atoms with Crippen molar-refractivity contribution in [1.82, 2.24) is 19.2 Å². The van der Waals surface area contributed by atoms with Gasteiger partial charge in [0.25, 0.3) is 5.91 Å². The number of hydrogen-bond donors (Lipinski definition) is 0. The molecule has 9 heteroatoms. The van der Waals surface area contributed by atoms with Gasteiger partial charge in [0.1, 0.15) is 5.52 Å². The van der Waals surface area contributed by atoms with Crippen LogP contribution in [0, 0.1) is 0 Å². The van der Waals surface area contributed by atoms with Crippen LogP contribution in [-0.2, 0) is 9.31 Å². The summed E-state index contributed by atoms with van der Waals surface area (Å²) in [7, 11) is 5.54. The van der Waals surface area contributed by atoms with Crippen molar-refractivity contribution in [1.29, 1.82) is 0 Å². The van der Waals surface area contributed by atoms with Crippen LogP contribution in [0.3, 0.4) is 0 Å². The van der Waals surface area contributed by atoms with Gasteiger partial charge in [-0.1, -0.05) is 12.1 Å². The van der Waals surface area contributed by atoms with Gasteiger partial charge in [-0.25, -0.2) is 4.98 Å². The van der Waals surface area contributed by atoms with Gasteiger partial charge in [-0.2, -0.15) is 0 Å². The van der Waals surface area contributed by atoms with Crippen molar-refractivity contribution in [2.75, 3.05) is 14.1 Å². The summed E-state index contributed by atoms with van der Waals surface area (Å²) in [4.78, 5) is 23.2. The molecule has 0 bridgehead atoms. The predicted molar refractivity (Wildman–Crippen MR) is 122 cm³/mol. The smallest absolute Gasteiger partial charge is 0.398 e. The third-order valence-corrected chi connectivity index (χ3v) is 6.28. The van der Waals surface area contributed by atoms with Crippen molar-refractivity contribution in [3.63, 3.8) is 0 Å². The SMILES string of the molecule is CN(C)C(=O)c1ccc(-c2cn(P)c3ncc(B4OC(C)(C)C(C)(C)O4)nc23)cc1. The lowest BCUT2D eigenvalue weighted by atomic mass is 9.85. The van der Waals surface area contributed by atoms with E-state index in [1.807, 2.05) is 62.5 Å². The second-order valence-electron chi connectivity index (χ2n) is 8.78. The second-order valence-corrected chi connectivity index (χ2v) is 9.34. The lowest BCUT2D eigenvalue weighted by Crippen LogP contribution is -2.41. The quantitative estimate of drug-likeness (QED) is 0.478. The maximum Gasteiger partial charge on any atom is 0.516 e. The number of hydrogen-bond acceptors (Lipinski definition) is 5. The summed E-state index contributed by atoms with van der Waals surface area (Å²) in [6.07, 6.45) is 3.67. The first kappa shape index (κ1) is 21.0. The number of amides is 1. The highest BCUT2D eigenvalue weighted by Crippen LogP contribution is 2.36. The molecular formula is C21H26BN4O3P. The molecule has 1 fully saturated rings. The Morgan fingerprint density at radius 2 is 1.70 bits per heavy atom. The van der Waals surface area contributed by atoms with E-state index in [2.05, 4.69) is 14.4 Å². The highest BCUT2D eigenvalue weighted by atomic mass is 31.0. The number of benzene rings is 1. The second kappa shape index (κ2) is 7.15. The van der Waals surface area contributed by atoms with Crippen LogP contribution < -0.4 is 5.59 Å². The first-order chi connectivity index (χ1) is 14.0. The molecule has 1 aromatic carbocycles. The summed E-state index contributed by atoms with van der Waals surface area (Å²) < 4.78 is 14.1. The van der Waals surface area contributed by atoms with Crippen molar-refractivity contribution >= 4 is 39.2 Å². The van der Waals surface area contributed by atoms with Gasteiger partial charge in [-0.15, -0.1) is 0 Å². The van der Waals surface area contributed by atoms with Crippen LogP contribution in [0.2, 0.25) is 0 Å². The van der Waals surface area contributed by atoms with E-state index in [0.717, 1.165) is 22.3 Å². The van der Waals surface area contributed by atoms with E-state index in [0.29, 0.717) is 11.2 Å². The third kappa shape index (κ3) is 3.43. The van der Waals surface area contributed by atoms with Crippen LogP contribution in [0.4, 0.5) is 0 Å². The van der Waals surface area contributed by atoms with Crippen LogP contribution in [0.5, 0.6) is 0 Å². The highest BCUT2D eigenvalue weighted by Gasteiger charge is 2.52. The molecule has 4 rings (SSSR count). The Kier molecular flexibility index (Phi) is 5.00. The van der Waals surface area contributed by atoms with Crippen LogP contribution in [0.15, 0.2) is 36.7 Å². The number of carbonyl (C=O) groups is 1. The fraction of sp³-hybridized carbons (Fsp3) is 0.381. The van der Waals surface area contributed by atoms with E-state index in [1.165, 1.54) is 0 Å². The largest absolute Gasteiger partial charge is 0.516 e. The summed E-state index contributed by atoms with van der Waals surface area (Å²) in [5, 5.41) is 0. The predicted octanol–water partition coefficient (Wildman–Crippen LogP) is 2.74. The van der Waals surface area contributed by atoms with Crippen LogP contribution in [0.1, 0.15) is 38.1 Å². The Morgan fingerprint density at radius 1 is 1.10 bits per heavy atom. The Balaban J connectivity index is 1.74. The van der Waals surface area contributed by atoms with E-state index in [9.17, 15) is 4.79 Å². The van der Waals surface area contributed by atoms with E-state index in [4.69, 9.17) is 14.3 Å². The van der Waals surface area contributed by atoms with Crippen LogP contribution in [-0.4, -0.2) is 57.5 Å². The van der Waals surface area contributed by atoms with Gasteiger partial charge < -0.3 is 18.5 Å². The van der Waals surface area contributed by atoms with Crippen molar-refractivity contribution < 1.29 is 14.1 Å². The molecular weight excluding hydrogens is 398 g/mol. The maximum atomic E-state index is 12.2. The van der Waals surface area contributed by atoms with Gasteiger partial charge in [0.05, 0.1) is 16.8 Å². The molecule has 1 aliphatic rings. The van der Waals surface area contributed by atoms with Gasteiger partial charge in [-0.05, 0) is 54.8 Å². The normalized spacial score (nSPS) is 17.5. The molecule has 7 nitrogen and oxygen atoms in total. The minimum Gasteiger partial charge on any atom is -0.398 e. The summed E-state index contributed by atoms with van der Waals surface area (Å²) >= 11 is 0.